The highest BCUT2D eigenvalue weighted by Crippen LogP contribution is 2.36. The molecule has 2 aromatic carbocycles. The number of rotatable bonds is 1. The molecule has 1 aliphatic rings. The van der Waals surface area contributed by atoms with E-state index < -0.39 is 0 Å². The van der Waals surface area contributed by atoms with Gasteiger partial charge in [-0.15, -0.1) is 0 Å². The van der Waals surface area contributed by atoms with Gasteiger partial charge in [0.1, 0.15) is 5.75 Å². The van der Waals surface area contributed by atoms with E-state index >= 15 is 0 Å². The van der Waals surface area contributed by atoms with Crippen molar-refractivity contribution in [3.05, 3.63) is 57.0 Å². The highest BCUT2D eigenvalue weighted by atomic mass is 79.9. The largest absolute Gasteiger partial charge is 0.507 e. The van der Waals surface area contributed by atoms with E-state index in [0.29, 0.717) is 16.2 Å². The first-order chi connectivity index (χ1) is 9.54. The fourth-order valence-corrected chi connectivity index (χ4v) is 2.65. The average molecular weight is 351 g/mol. The summed E-state index contributed by atoms with van der Waals surface area (Å²) in [6.07, 6.45) is 1.65. The third-order valence-corrected chi connectivity index (χ3v) is 3.78. The van der Waals surface area contributed by atoms with Crippen LogP contribution in [0.1, 0.15) is 11.1 Å². The van der Waals surface area contributed by atoms with E-state index in [1.165, 1.54) is 0 Å². The Morgan fingerprint density at radius 2 is 2.00 bits per heavy atom. The molecule has 2 aromatic rings. The molecule has 0 saturated heterocycles. The number of fused-ring (bicyclic) bond motifs is 1. The van der Waals surface area contributed by atoms with Crippen LogP contribution in [0.3, 0.4) is 0 Å². The minimum atomic E-state index is -0.207. The summed E-state index contributed by atoms with van der Waals surface area (Å²) in [5, 5.41) is 13.2. The van der Waals surface area contributed by atoms with E-state index in [1.807, 2.05) is 0 Å². The van der Waals surface area contributed by atoms with Gasteiger partial charge < -0.3 is 10.4 Å². The molecule has 0 fully saturated rings. The molecule has 0 bridgehead atoms. The molecular weight excluding hydrogens is 342 g/mol. The molecule has 0 saturated carbocycles. The Morgan fingerprint density at radius 1 is 1.20 bits per heavy atom. The second-order valence-corrected chi connectivity index (χ2v) is 5.76. The van der Waals surface area contributed by atoms with Gasteiger partial charge in [-0.25, -0.2) is 0 Å². The molecule has 3 rings (SSSR count). The molecule has 0 unspecified atom stereocenters. The molecule has 0 aromatic heterocycles. The van der Waals surface area contributed by atoms with Crippen LogP contribution in [-0.4, -0.2) is 11.0 Å². The molecule has 0 atom stereocenters. The number of benzene rings is 2. The van der Waals surface area contributed by atoms with Gasteiger partial charge in [0.25, 0.3) is 5.91 Å². The molecule has 2 N–H and O–H groups in total. The smallest absolute Gasteiger partial charge is 0.256 e. The second kappa shape index (κ2) is 4.96. The number of phenols is 1. The number of hydrogen-bond acceptors (Lipinski definition) is 2. The van der Waals surface area contributed by atoms with E-state index in [-0.39, 0.29) is 11.7 Å². The maximum Gasteiger partial charge on any atom is 0.256 e. The van der Waals surface area contributed by atoms with Crippen LogP contribution in [0.5, 0.6) is 5.75 Å². The van der Waals surface area contributed by atoms with Crippen molar-refractivity contribution in [3.63, 3.8) is 0 Å². The Bertz CT molecular complexity index is 756. The second-order valence-electron chi connectivity index (χ2n) is 4.41. The monoisotopic (exact) mass is 349 g/mol. The number of carbonyl (C=O) groups is 1. The zero-order valence-corrected chi connectivity index (χ0v) is 12.5. The van der Waals surface area contributed by atoms with Crippen molar-refractivity contribution in [2.24, 2.45) is 0 Å². The first-order valence-electron chi connectivity index (χ1n) is 5.86. The first-order valence-corrected chi connectivity index (χ1v) is 7.03. The summed E-state index contributed by atoms with van der Waals surface area (Å²) < 4.78 is 0.826. The normalized spacial score (nSPS) is 15.3. The molecule has 1 aliphatic heterocycles. The summed E-state index contributed by atoms with van der Waals surface area (Å²) in [4.78, 5) is 12.0. The number of nitrogens with one attached hydrogen (secondary N) is 1. The lowest BCUT2D eigenvalue weighted by atomic mass is 10.0. The third-order valence-electron chi connectivity index (χ3n) is 3.05. The summed E-state index contributed by atoms with van der Waals surface area (Å²) >= 11 is 9.31. The highest BCUT2D eigenvalue weighted by molar-refractivity contribution is 9.10. The van der Waals surface area contributed by atoms with Crippen LogP contribution in [-0.2, 0) is 4.79 Å². The van der Waals surface area contributed by atoms with Crippen molar-refractivity contribution < 1.29 is 9.90 Å². The van der Waals surface area contributed by atoms with Crippen LogP contribution in [0.4, 0.5) is 5.69 Å². The summed E-state index contributed by atoms with van der Waals surface area (Å²) in [6, 6.07) is 10.3. The summed E-state index contributed by atoms with van der Waals surface area (Å²) in [5.41, 5.74) is 2.51. The average Bonchev–Trinajstić information content (AvgIpc) is 2.70. The number of aromatic hydroxyl groups is 1. The maximum atomic E-state index is 12.0. The summed E-state index contributed by atoms with van der Waals surface area (Å²) in [5.74, 6) is -0.0920. The van der Waals surface area contributed by atoms with Gasteiger partial charge in [0, 0.05) is 31.9 Å². The lowest BCUT2D eigenvalue weighted by molar-refractivity contribution is -0.110. The zero-order valence-electron chi connectivity index (χ0n) is 10.2. The Hall–Kier alpha value is -1.78. The molecule has 1 heterocycles. The standard InChI is InChI=1S/C15H9BrClNO2/c16-9-1-4-14(19)8(5-9)6-12-11-7-10(17)2-3-13(11)18-15(12)20/h1-7,19H,(H,18,20)/b12-6+. The number of phenolic OH excluding ortho intramolecular Hbond substituents is 1. The number of halogens is 2. The Morgan fingerprint density at radius 3 is 2.80 bits per heavy atom. The lowest BCUT2D eigenvalue weighted by Crippen LogP contribution is -2.03. The summed E-state index contributed by atoms with van der Waals surface area (Å²) in [7, 11) is 0. The fraction of sp³-hybridized carbons (Fsp3) is 0. The third kappa shape index (κ3) is 2.32. The fourth-order valence-electron chi connectivity index (χ4n) is 2.10. The minimum Gasteiger partial charge on any atom is -0.507 e. The first kappa shape index (κ1) is 13.2. The predicted octanol–water partition coefficient (Wildman–Crippen LogP) is 4.30. The van der Waals surface area contributed by atoms with Crippen molar-refractivity contribution >= 4 is 50.8 Å². The number of hydrogen-bond donors (Lipinski definition) is 2. The highest BCUT2D eigenvalue weighted by Gasteiger charge is 2.24. The maximum absolute atomic E-state index is 12.0. The van der Waals surface area contributed by atoms with E-state index in [1.54, 1.807) is 42.5 Å². The topological polar surface area (TPSA) is 49.3 Å². The SMILES string of the molecule is O=C1Nc2ccc(Cl)cc2/C1=C\c1cc(Br)ccc1O. The molecule has 20 heavy (non-hydrogen) atoms. The van der Waals surface area contributed by atoms with Crippen LogP contribution >= 0.6 is 27.5 Å². The van der Waals surface area contributed by atoms with Gasteiger partial charge in [-0.1, -0.05) is 27.5 Å². The molecule has 0 spiro atoms. The molecule has 0 radical (unpaired) electrons. The van der Waals surface area contributed by atoms with Gasteiger partial charge in [0.05, 0.1) is 0 Å². The molecular formula is C15H9BrClNO2. The lowest BCUT2D eigenvalue weighted by Gasteiger charge is -2.02. The minimum absolute atomic E-state index is 0.115. The van der Waals surface area contributed by atoms with Crippen molar-refractivity contribution in [2.75, 3.05) is 5.32 Å². The van der Waals surface area contributed by atoms with Gasteiger partial charge in [-0.2, -0.15) is 0 Å². The van der Waals surface area contributed by atoms with Gasteiger partial charge in [-0.3, -0.25) is 4.79 Å². The van der Waals surface area contributed by atoms with Gasteiger partial charge in [0.15, 0.2) is 0 Å². The Labute approximate surface area is 129 Å². The van der Waals surface area contributed by atoms with Gasteiger partial charge in [-0.05, 0) is 42.5 Å². The molecule has 5 heteroatoms. The zero-order chi connectivity index (χ0) is 14.3. The quantitative estimate of drug-likeness (QED) is 0.753. The number of anilines is 1. The van der Waals surface area contributed by atoms with E-state index in [2.05, 4.69) is 21.2 Å². The molecule has 100 valence electrons. The Kier molecular flexibility index (Phi) is 3.28. The molecule has 0 aliphatic carbocycles. The van der Waals surface area contributed by atoms with Crippen LogP contribution < -0.4 is 5.32 Å². The van der Waals surface area contributed by atoms with E-state index in [0.717, 1.165) is 15.7 Å². The van der Waals surface area contributed by atoms with Crippen LogP contribution in [0.2, 0.25) is 5.02 Å². The predicted molar refractivity (Wildman–Crippen MR) is 83.8 cm³/mol. The van der Waals surface area contributed by atoms with Gasteiger partial charge in [0.2, 0.25) is 0 Å². The summed E-state index contributed by atoms with van der Waals surface area (Å²) in [6.45, 7) is 0. The van der Waals surface area contributed by atoms with Crippen LogP contribution in [0, 0.1) is 0 Å². The van der Waals surface area contributed by atoms with Crippen LogP contribution in [0.15, 0.2) is 40.9 Å². The van der Waals surface area contributed by atoms with Gasteiger partial charge >= 0.3 is 0 Å². The Balaban J connectivity index is 2.15. The molecule has 1 amide bonds. The van der Waals surface area contributed by atoms with Crippen molar-refractivity contribution in [2.45, 2.75) is 0 Å². The van der Waals surface area contributed by atoms with E-state index in [9.17, 15) is 9.90 Å². The number of carbonyl (C=O) groups excluding carboxylic acids is 1. The van der Waals surface area contributed by atoms with Crippen molar-refractivity contribution in [1.29, 1.82) is 0 Å². The van der Waals surface area contributed by atoms with E-state index in [4.69, 9.17) is 11.6 Å². The van der Waals surface area contributed by atoms with Crippen molar-refractivity contribution in [3.8, 4) is 5.75 Å². The van der Waals surface area contributed by atoms with Crippen LogP contribution in [0.25, 0.3) is 11.6 Å². The molecule has 3 nitrogen and oxygen atoms in total. The number of amides is 1. The van der Waals surface area contributed by atoms with Crippen molar-refractivity contribution in [1.82, 2.24) is 0 Å².